The number of hydrogen-bond acceptors (Lipinski definition) is 3. The molecule has 0 amide bonds. The zero-order chi connectivity index (χ0) is 15.3. The zero-order valence-electron chi connectivity index (χ0n) is 14.1. The van der Waals surface area contributed by atoms with Gasteiger partial charge in [-0.15, -0.1) is 24.0 Å². The van der Waals surface area contributed by atoms with Crippen LogP contribution in [0.1, 0.15) is 45.4 Å². The molecule has 1 saturated heterocycles. The fourth-order valence-electron chi connectivity index (χ4n) is 3.52. The van der Waals surface area contributed by atoms with Crippen LogP contribution in [0.5, 0.6) is 0 Å². The Kier molecular flexibility index (Phi) is 7.93. The highest BCUT2D eigenvalue weighted by molar-refractivity contribution is 14.0. The minimum atomic E-state index is -0.0731. The van der Waals surface area contributed by atoms with E-state index in [2.05, 4.69) is 22.1 Å². The lowest BCUT2D eigenvalue weighted by Gasteiger charge is -2.34. The second-order valence-corrected chi connectivity index (χ2v) is 6.70. The molecule has 1 N–H and O–H groups in total. The van der Waals surface area contributed by atoms with E-state index in [1.165, 1.54) is 32.8 Å². The fraction of sp³-hybridized carbons (Fsp3) is 0.875. The van der Waals surface area contributed by atoms with Gasteiger partial charge in [-0.3, -0.25) is 9.79 Å². The highest BCUT2D eigenvalue weighted by Crippen LogP contribution is 2.36. The average molecular weight is 423 g/mol. The molecule has 2 fully saturated rings. The maximum atomic E-state index is 11.6. The predicted octanol–water partition coefficient (Wildman–Crippen LogP) is 2.65. The summed E-state index contributed by atoms with van der Waals surface area (Å²) in [6.45, 7) is 5.10. The molecular formula is C16H30IN3O2. The van der Waals surface area contributed by atoms with Crippen LogP contribution in [0.4, 0.5) is 0 Å². The van der Waals surface area contributed by atoms with E-state index in [4.69, 9.17) is 4.74 Å². The molecule has 22 heavy (non-hydrogen) atoms. The highest BCUT2D eigenvalue weighted by Gasteiger charge is 2.30. The third kappa shape index (κ3) is 4.99. The minimum absolute atomic E-state index is 0. The molecule has 5 nitrogen and oxygen atoms in total. The maximum absolute atomic E-state index is 11.6. The first kappa shape index (κ1) is 19.5. The second kappa shape index (κ2) is 8.93. The van der Waals surface area contributed by atoms with Crippen LogP contribution < -0.4 is 5.32 Å². The number of ether oxygens (including phenoxy) is 1. The Morgan fingerprint density at radius 1 is 1.32 bits per heavy atom. The van der Waals surface area contributed by atoms with Gasteiger partial charge in [-0.2, -0.15) is 0 Å². The number of carbonyl (C=O) groups excluding carboxylic acids is 1. The van der Waals surface area contributed by atoms with Crippen LogP contribution in [0.2, 0.25) is 0 Å². The van der Waals surface area contributed by atoms with Gasteiger partial charge in [-0.25, -0.2) is 0 Å². The number of carbonyl (C=O) groups is 1. The van der Waals surface area contributed by atoms with Crippen molar-refractivity contribution >= 4 is 35.9 Å². The Labute approximate surface area is 151 Å². The summed E-state index contributed by atoms with van der Waals surface area (Å²) in [5.41, 5.74) is 0.417. The summed E-state index contributed by atoms with van der Waals surface area (Å²) in [4.78, 5) is 18.2. The van der Waals surface area contributed by atoms with Gasteiger partial charge >= 0.3 is 5.97 Å². The third-order valence-electron chi connectivity index (χ3n) is 5.02. The van der Waals surface area contributed by atoms with Crippen molar-refractivity contribution in [2.75, 3.05) is 33.8 Å². The number of methoxy groups -OCH3 is 1. The predicted molar refractivity (Wildman–Crippen MR) is 99.7 cm³/mol. The largest absolute Gasteiger partial charge is 0.469 e. The van der Waals surface area contributed by atoms with E-state index in [0.717, 1.165) is 38.4 Å². The first-order chi connectivity index (χ1) is 10.1. The van der Waals surface area contributed by atoms with Crippen LogP contribution in [0.3, 0.4) is 0 Å². The van der Waals surface area contributed by atoms with Crippen LogP contribution in [-0.4, -0.2) is 50.6 Å². The summed E-state index contributed by atoms with van der Waals surface area (Å²) in [5, 5.41) is 3.54. The van der Waals surface area contributed by atoms with E-state index in [-0.39, 0.29) is 35.9 Å². The molecule has 0 atom stereocenters. The lowest BCUT2D eigenvalue weighted by Crippen LogP contribution is -2.48. The van der Waals surface area contributed by atoms with Gasteiger partial charge in [0.05, 0.1) is 13.0 Å². The van der Waals surface area contributed by atoms with Crippen molar-refractivity contribution in [1.29, 1.82) is 0 Å². The molecule has 0 aromatic rings. The molecule has 6 heteroatoms. The Morgan fingerprint density at radius 2 is 1.91 bits per heavy atom. The smallest absolute Gasteiger partial charge is 0.308 e. The SMILES string of the molecule is CN=C(NCC1(C)CCCC1)N1CCC(C(=O)OC)CC1.I. The molecule has 0 unspecified atom stereocenters. The second-order valence-electron chi connectivity index (χ2n) is 6.70. The van der Waals surface area contributed by atoms with Crippen LogP contribution in [0, 0.1) is 11.3 Å². The maximum Gasteiger partial charge on any atom is 0.308 e. The van der Waals surface area contributed by atoms with E-state index < -0.39 is 0 Å². The monoisotopic (exact) mass is 423 g/mol. The normalized spacial score (nSPS) is 22.1. The molecule has 2 rings (SSSR count). The van der Waals surface area contributed by atoms with Crippen molar-refractivity contribution in [1.82, 2.24) is 10.2 Å². The van der Waals surface area contributed by atoms with Gasteiger partial charge in [-0.05, 0) is 31.1 Å². The van der Waals surface area contributed by atoms with Crippen molar-refractivity contribution in [3.63, 3.8) is 0 Å². The molecular weight excluding hydrogens is 393 g/mol. The topological polar surface area (TPSA) is 53.9 Å². The Bertz CT molecular complexity index is 387. The van der Waals surface area contributed by atoms with E-state index in [1.807, 2.05) is 7.05 Å². The number of esters is 1. The average Bonchev–Trinajstić information content (AvgIpc) is 2.94. The summed E-state index contributed by atoms with van der Waals surface area (Å²) in [7, 11) is 3.31. The molecule has 2 aliphatic rings. The van der Waals surface area contributed by atoms with Gasteiger partial charge in [0.1, 0.15) is 0 Å². The lowest BCUT2D eigenvalue weighted by molar-refractivity contribution is -0.146. The number of hydrogen-bond donors (Lipinski definition) is 1. The third-order valence-corrected chi connectivity index (χ3v) is 5.02. The molecule has 1 aliphatic heterocycles. The summed E-state index contributed by atoms with van der Waals surface area (Å²) in [6.07, 6.45) is 7.01. The number of guanidine groups is 1. The van der Waals surface area contributed by atoms with E-state index in [9.17, 15) is 4.79 Å². The van der Waals surface area contributed by atoms with Crippen LogP contribution in [0.15, 0.2) is 4.99 Å². The molecule has 0 radical (unpaired) electrons. The first-order valence-corrected chi connectivity index (χ1v) is 8.11. The fourth-order valence-corrected chi connectivity index (χ4v) is 3.52. The van der Waals surface area contributed by atoms with Gasteiger partial charge in [0, 0.05) is 26.7 Å². The molecule has 1 aliphatic carbocycles. The number of likely N-dealkylation sites (tertiary alicyclic amines) is 1. The summed E-state index contributed by atoms with van der Waals surface area (Å²) in [5.74, 6) is 0.958. The van der Waals surface area contributed by atoms with Crippen LogP contribution in [0.25, 0.3) is 0 Å². The van der Waals surface area contributed by atoms with Gasteiger partial charge in [0.25, 0.3) is 0 Å². The lowest BCUT2D eigenvalue weighted by atomic mass is 9.89. The number of rotatable bonds is 3. The van der Waals surface area contributed by atoms with Gasteiger partial charge in [0.2, 0.25) is 0 Å². The first-order valence-electron chi connectivity index (χ1n) is 8.11. The number of aliphatic imine (C=N–C) groups is 1. The molecule has 0 bridgehead atoms. The Morgan fingerprint density at radius 3 is 2.41 bits per heavy atom. The van der Waals surface area contributed by atoms with E-state index >= 15 is 0 Å². The summed E-state index contributed by atoms with van der Waals surface area (Å²) < 4.78 is 4.84. The zero-order valence-corrected chi connectivity index (χ0v) is 16.4. The van der Waals surface area contributed by atoms with Crippen molar-refractivity contribution in [3.8, 4) is 0 Å². The molecule has 1 saturated carbocycles. The molecule has 1 heterocycles. The molecule has 0 aromatic heterocycles. The standard InChI is InChI=1S/C16H29N3O2.HI/c1-16(8-4-5-9-16)12-18-15(17-2)19-10-6-13(7-11-19)14(20)21-3;/h13H,4-12H2,1-3H3,(H,17,18);1H. The van der Waals surface area contributed by atoms with Crippen molar-refractivity contribution in [2.45, 2.75) is 45.4 Å². The quantitative estimate of drug-likeness (QED) is 0.328. The Hall–Kier alpha value is -0.530. The minimum Gasteiger partial charge on any atom is -0.469 e. The molecule has 0 aromatic carbocycles. The number of nitrogens with one attached hydrogen (secondary N) is 1. The highest BCUT2D eigenvalue weighted by atomic mass is 127. The number of piperidine rings is 1. The molecule has 128 valence electrons. The van der Waals surface area contributed by atoms with Gasteiger partial charge in [0.15, 0.2) is 5.96 Å². The summed E-state index contributed by atoms with van der Waals surface area (Å²) >= 11 is 0. The van der Waals surface area contributed by atoms with Crippen molar-refractivity contribution in [3.05, 3.63) is 0 Å². The van der Waals surface area contributed by atoms with Gasteiger partial charge < -0.3 is 15.0 Å². The number of halogens is 1. The summed E-state index contributed by atoms with van der Waals surface area (Å²) in [6, 6.07) is 0. The van der Waals surface area contributed by atoms with E-state index in [0.29, 0.717) is 5.41 Å². The molecule has 0 spiro atoms. The van der Waals surface area contributed by atoms with Crippen LogP contribution in [-0.2, 0) is 9.53 Å². The number of nitrogens with zero attached hydrogens (tertiary/aromatic N) is 2. The van der Waals surface area contributed by atoms with Gasteiger partial charge in [-0.1, -0.05) is 19.8 Å². The van der Waals surface area contributed by atoms with E-state index in [1.54, 1.807) is 0 Å². The van der Waals surface area contributed by atoms with Crippen molar-refractivity contribution in [2.24, 2.45) is 16.3 Å². The van der Waals surface area contributed by atoms with Crippen molar-refractivity contribution < 1.29 is 9.53 Å². The van der Waals surface area contributed by atoms with Crippen LogP contribution >= 0.6 is 24.0 Å². The Balaban J connectivity index is 0.00000242.